The summed E-state index contributed by atoms with van der Waals surface area (Å²) in [6, 6.07) is 8.10. The fourth-order valence-corrected chi connectivity index (χ4v) is 1.75. The van der Waals surface area contributed by atoms with Crippen molar-refractivity contribution >= 4 is 16.7 Å². The second kappa shape index (κ2) is 4.44. The van der Waals surface area contributed by atoms with Crippen LogP contribution in [0.3, 0.4) is 0 Å². The van der Waals surface area contributed by atoms with Gasteiger partial charge in [-0.25, -0.2) is 14.4 Å². The van der Waals surface area contributed by atoms with Crippen molar-refractivity contribution in [2.45, 2.75) is 6.54 Å². The third-order valence-electron chi connectivity index (χ3n) is 2.61. The van der Waals surface area contributed by atoms with Gasteiger partial charge in [0.15, 0.2) is 0 Å². The van der Waals surface area contributed by atoms with Crippen molar-refractivity contribution in [2.75, 3.05) is 5.32 Å². The number of nitrogens with one attached hydrogen (secondary N) is 1. The van der Waals surface area contributed by atoms with E-state index in [2.05, 4.69) is 15.3 Å². The molecule has 0 saturated heterocycles. The summed E-state index contributed by atoms with van der Waals surface area (Å²) in [6.45, 7) is 0.496. The van der Waals surface area contributed by atoms with Crippen LogP contribution in [0.25, 0.3) is 10.9 Å². The zero-order valence-corrected chi connectivity index (χ0v) is 9.43. The maximum Gasteiger partial charge on any atom is 0.137 e. The minimum Gasteiger partial charge on any atom is -0.467 e. The highest BCUT2D eigenvalue weighted by atomic mass is 19.1. The fourth-order valence-electron chi connectivity index (χ4n) is 1.75. The molecular weight excluding hydrogens is 233 g/mol. The predicted molar refractivity (Wildman–Crippen MR) is 65.5 cm³/mol. The molecule has 0 aliphatic heterocycles. The summed E-state index contributed by atoms with van der Waals surface area (Å²) in [5.74, 6) is 1.08. The topological polar surface area (TPSA) is 51.0 Å². The van der Waals surface area contributed by atoms with E-state index >= 15 is 0 Å². The van der Waals surface area contributed by atoms with Crippen LogP contribution in [-0.4, -0.2) is 9.97 Å². The van der Waals surface area contributed by atoms with Crippen LogP contribution in [0.4, 0.5) is 10.2 Å². The molecule has 4 nitrogen and oxygen atoms in total. The summed E-state index contributed by atoms with van der Waals surface area (Å²) in [5, 5.41) is 3.76. The molecule has 0 radical (unpaired) electrons. The smallest absolute Gasteiger partial charge is 0.137 e. The molecule has 90 valence electrons. The molecule has 0 atom stereocenters. The van der Waals surface area contributed by atoms with Crippen molar-refractivity contribution in [3.8, 4) is 0 Å². The zero-order chi connectivity index (χ0) is 12.4. The van der Waals surface area contributed by atoms with Gasteiger partial charge in [0, 0.05) is 5.39 Å². The monoisotopic (exact) mass is 243 g/mol. The minimum absolute atomic E-state index is 0.307. The first-order chi connectivity index (χ1) is 8.83. The molecule has 1 aromatic carbocycles. The van der Waals surface area contributed by atoms with E-state index in [9.17, 15) is 4.39 Å². The molecule has 2 heterocycles. The van der Waals surface area contributed by atoms with Crippen LogP contribution < -0.4 is 5.32 Å². The van der Waals surface area contributed by atoms with E-state index in [0.29, 0.717) is 23.3 Å². The molecule has 0 amide bonds. The van der Waals surface area contributed by atoms with Crippen molar-refractivity contribution < 1.29 is 8.81 Å². The van der Waals surface area contributed by atoms with Crippen molar-refractivity contribution in [1.29, 1.82) is 0 Å². The lowest BCUT2D eigenvalue weighted by atomic mass is 10.2. The number of benzene rings is 1. The third kappa shape index (κ3) is 2.02. The second-order valence-electron chi connectivity index (χ2n) is 3.82. The highest BCUT2D eigenvalue weighted by Crippen LogP contribution is 2.20. The molecular formula is C13H10FN3O. The van der Waals surface area contributed by atoms with Gasteiger partial charge in [-0.2, -0.15) is 0 Å². The van der Waals surface area contributed by atoms with Gasteiger partial charge in [-0.3, -0.25) is 0 Å². The normalized spacial score (nSPS) is 10.7. The highest BCUT2D eigenvalue weighted by Gasteiger charge is 2.05. The Balaban J connectivity index is 1.93. The number of anilines is 1. The number of fused-ring (bicyclic) bond motifs is 1. The molecule has 0 aliphatic rings. The van der Waals surface area contributed by atoms with Crippen molar-refractivity contribution in [3.05, 3.63) is 54.5 Å². The first-order valence-electron chi connectivity index (χ1n) is 5.49. The van der Waals surface area contributed by atoms with Crippen LogP contribution in [-0.2, 0) is 6.54 Å². The Hall–Kier alpha value is -2.43. The molecule has 1 N–H and O–H groups in total. The molecule has 18 heavy (non-hydrogen) atoms. The van der Waals surface area contributed by atoms with Crippen LogP contribution in [0, 0.1) is 5.82 Å². The van der Waals surface area contributed by atoms with Gasteiger partial charge in [-0.05, 0) is 30.3 Å². The van der Waals surface area contributed by atoms with E-state index in [0.717, 1.165) is 5.76 Å². The lowest BCUT2D eigenvalue weighted by Crippen LogP contribution is -2.01. The molecule has 3 rings (SSSR count). The molecule has 2 aromatic heterocycles. The summed E-state index contributed by atoms with van der Waals surface area (Å²) in [7, 11) is 0. The second-order valence-corrected chi connectivity index (χ2v) is 3.82. The van der Waals surface area contributed by atoms with E-state index in [4.69, 9.17) is 4.42 Å². The van der Waals surface area contributed by atoms with Crippen LogP contribution in [0.2, 0.25) is 0 Å². The standard InChI is InChI=1S/C13H10FN3O/c14-9-3-4-12-11(6-9)13(17-8-16-12)15-7-10-2-1-5-18-10/h1-6,8H,7H2,(H,15,16,17). The van der Waals surface area contributed by atoms with Crippen LogP contribution in [0.15, 0.2) is 47.3 Å². The molecule has 3 aromatic rings. The quantitative estimate of drug-likeness (QED) is 0.768. The van der Waals surface area contributed by atoms with Gasteiger partial charge < -0.3 is 9.73 Å². The predicted octanol–water partition coefficient (Wildman–Crippen LogP) is 2.97. The van der Waals surface area contributed by atoms with Crippen molar-refractivity contribution in [3.63, 3.8) is 0 Å². The summed E-state index contributed by atoms with van der Waals surface area (Å²) in [4.78, 5) is 8.20. The Morgan fingerprint density at radius 1 is 1.22 bits per heavy atom. The number of nitrogens with zero attached hydrogens (tertiary/aromatic N) is 2. The number of halogens is 1. The van der Waals surface area contributed by atoms with Gasteiger partial charge in [0.05, 0.1) is 18.3 Å². The van der Waals surface area contributed by atoms with Crippen molar-refractivity contribution in [2.24, 2.45) is 0 Å². The Labute approximate surface area is 102 Å². The number of hydrogen-bond acceptors (Lipinski definition) is 4. The first kappa shape index (κ1) is 10.7. The molecule has 5 heteroatoms. The van der Waals surface area contributed by atoms with Crippen LogP contribution in [0.1, 0.15) is 5.76 Å². The summed E-state index contributed by atoms with van der Waals surface area (Å²) in [6.07, 6.45) is 3.06. The summed E-state index contributed by atoms with van der Waals surface area (Å²) in [5.41, 5.74) is 0.702. The van der Waals surface area contributed by atoms with E-state index in [1.165, 1.54) is 18.5 Å². The SMILES string of the molecule is Fc1ccc2ncnc(NCc3ccco3)c2c1. The van der Waals surface area contributed by atoms with E-state index in [1.54, 1.807) is 12.3 Å². The van der Waals surface area contributed by atoms with Gasteiger partial charge in [0.1, 0.15) is 23.7 Å². The van der Waals surface area contributed by atoms with Gasteiger partial charge in [0.2, 0.25) is 0 Å². The lowest BCUT2D eigenvalue weighted by molar-refractivity contribution is 0.518. The molecule has 0 saturated carbocycles. The number of furan rings is 1. The summed E-state index contributed by atoms with van der Waals surface area (Å²) < 4.78 is 18.4. The molecule has 0 fully saturated rings. The number of rotatable bonds is 3. The van der Waals surface area contributed by atoms with Gasteiger partial charge in [0.25, 0.3) is 0 Å². The zero-order valence-electron chi connectivity index (χ0n) is 9.43. The Morgan fingerprint density at radius 2 is 2.17 bits per heavy atom. The molecule has 0 bridgehead atoms. The van der Waals surface area contributed by atoms with Crippen LogP contribution in [0.5, 0.6) is 0 Å². The lowest BCUT2D eigenvalue weighted by Gasteiger charge is -2.06. The van der Waals surface area contributed by atoms with Crippen LogP contribution >= 0.6 is 0 Å². The van der Waals surface area contributed by atoms with Gasteiger partial charge in [-0.1, -0.05) is 0 Å². The Kier molecular flexibility index (Phi) is 2.64. The molecule has 0 spiro atoms. The maximum atomic E-state index is 13.2. The van der Waals surface area contributed by atoms with E-state index in [1.807, 2.05) is 12.1 Å². The number of aromatic nitrogens is 2. The third-order valence-corrected chi connectivity index (χ3v) is 2.61. The maximum absolute atomic E-state index is 13.2. The largest absolute Gasteiger partial charge is 0.467 e. The van der Waals surface area contributed by atoms with Crippen molar-refractivity contribution in [1.82, 2.24) is 9.97 Å². The minimum atomic E-state index is -0.307. The highest BCUT2D eigenvalue weighted by molar-refractivity contribution is 5.88. The summed E-state index contributed by atoms with van der Waals surface area (Å²) >= 11 is 0. The van der Waals surface area contributed by atoms with Gasteiger partial charge >= 0.3 is 0 Å². The fraction of sp³-hybridized carbons (Fsp3) is 0.0769. The van der Waals surface area contributed by atoms with Gasteiger partial charge in [-0.15, -0.1) is 0 Å². The van der Waals surface area contributed by atoms with E-state index < -0.39 is 0 Å². The Morgan fingerprint density at radius 3 is 3.00 bits per heavy atom. The molecule has 0 unspecified atom stereocenters. The first-order valence-corrected chi connectivity index (χ1v) is 5.49. The number of hydrogen-bond donors (Lipinski definition) is 1. The molecule has 0 aliphatic carbocycles. The average Bonchev–Trinajstić information content (AvgIpc) is 2.89. The average molecular weight is 243 g/mol. The van der Waals surface area contributed by atoms with E-state index in [-0.39, 0.29) is 5.82 Å². The Bertz CT molecular complexity index is 667.